The number of hydrogen-bond donors (Lipinski definition) is 2. The molecule has 0 fully saturated rings. The first kappa shape index (κ1) is 25.8. The lowest BCUT2D eigenvalue weighted by molar-refractivity contribution is -0.191. The molecule has 0 aliphatic carbocycles. The fourth-order valence-electron chi connectivity index (χ4n) is 1.59. The number of allylic oxidation sites excluding steroid dienone is 2. The highest BCUT2D eigenvalue weighted by atomic mass is 16.5. The van der Waals surface area contributed by atoms with Crippen LogP contribution in [0, 0.1) is 6.92 Å². The van der Waals surface area contributed by atoms with Crippen LogP contribution < -0.4 is 5.63 Å². The number of ether oxygens (including phenoxy) is 1. The third kappa shape index (κ3) is 17.2. The van der Waals surface area contributed by atoms with Crippen LogP contribution >= 0.6 is 0 Å². The van der Waals surface area contributed by atoms with Gasteiger partial charge in [-0.2, -0.15) is 9.59 Å². The molecule has 148 valence electrons. The molecule has 0 saturated heterocycles. The van der Waals surface area contributed by atoms with Gasteiger partial charge in [-0.3, -0.25) is 4.79 Å². The van der Waals surface area contributed by atoms with E-state index < -0.39 is 11.6 Å². The monoisotopic (exact) mass is 383 g/mol. The summed E-state index contributed by atoms with van der Waals surface area (Å²) in [5, 5.41) is 17.5. The maximum Gasteiger partial charge on any atom is 1.00 e. The van der Waals surface area contributed by atoms with Crippen molar-refractivity contribution in [1.29, 1.82) is 0 Å². The van der Waals surface area contributed by atoms with Crippen molar-refractivity contribution in [2.75, 3.05) is 0 Å². The van der Waals surface area contributed by atoms with Crippen molar-refractivity contribution in [3.05, 3.63) is 52.3 Å². The van der Waals surface area contributed by atoms with Crippen molar-refractivity contribution in [3.63, 3.8) is 0 Å². The van der Waals surface area contributed by atoms with E-state index in [2.05, 4.69) is 9.15 Å². The van der Waals surface area contributed by atoms with Crippen molar-refractivity contribution in [2.24, 2.45) is 0 Å². The summed E-state index contributed by atoms with van der Waals surface area (Å²) in [5.41, 5.74) is -0.521. The molecule has 1 unspecified atom stereocenters. The maximum absolute atomic E-state index is 10.4. The molecule has 2 N–H and O–H groups in total. The molecule has 0 amide bonds. The Kier molecular flexibility index (Phi) is 14.2. The third-order valence-electron chi connectivity index (χ3n) is 2.38. The molecule has 1 aliphatic rings. The molecule has 1 aliphatic heterocycles. The Morgan fingerprint density at radius 2 is 1.85 bits per heavy atom. The summed E-state index contributed by atoms with van der Waals surface area (Å²) in [7, 11) is 0. The molecule has 1 aromatic rings. The number of aryl methyl sites for hydroxylation is 1. The molecule has 9 nitrogen and oxygen atoms in total. The Balaban J connectivity index is -0.000000314. The van der Waals surface area contributed by atoms with Gasteiger partial charge in [0, 0.05) is 12.5 Å². The van der Waals surface area contributed by atoms with Crippen LogP contribution in [0.2, 0.25) is 0 Å². The van der Waals surface area contributed by atoms with Crippen molar-refractivity contribution in [2.45, 2.75) is 40.2 Å². The average molecular weight is 383 g/mol. The first-order valence-electron chi connectivity index (χ1n) is 7.59. The first-order chi connectivity index (χ1) is 12.5. The van der Waals surface area contributed by atoms with E-state index in [-0.39, 0.29) is 31.0 Å². The minimum atomic E-state index is -0.521. The molecule has 27 heavy (non-hydrogen) atoms. The van der Waals surface area contributed by atoms with Crippen LogP contribution in [0.1, 0.15) is 34.4 Å². The van der Waals surface area contributed by atoms with E-state index in [0.29, 0.717) is 12.2 Å². The summed E-state index contributed by atoms with van der Waals surface area (Å²) in [6.07, 6.45) is 4.86. The lowest BCUT2D eigenvalue weighted by Gasteiger charge is -2.15. The smallest absolute Gasteiger partial charge is 0.512 e. The van der Waals surface area contributed by atoms with Crippen molar-refractivity contribution < 1.29 is 40.0 Å². The number of ketones is 1. The van der Waals surface area contributed by atoms with Gasteiger partial charge in [0.1, 0.15) is 23.4 Å². The number of aliphatic hydroxyl groups excluding tert-OH is 1. The van der Waals surface area contributed by atoms with Crippen LogP contribution in [-0.2, 0) is 23.9 Å². The fourth-order valence-corrected chi connectivity index (χ4v) is 1.59. The molecule has 0 radical (unpaired) electrons. The van der Waals surface area contributed by atoms with E-state index in [1.165, 1.54) is 19.1 Å². The highest BCUT2D eigenvalue weighted by Gasteiger charge is 2.15. The van der Waals surface area contributed by atoms with Gasteiger partial charge in [-0.1, -0.05) is 6.08 Å². The highest BCUT2D eigenvalue weighted by molar-refractivity contribution is 5.87. The lowest BCUT2D eigenvalue weighted by Crippen LogP contribution is -2.19. The second-order valence-electron chi connectivity index (χ2n) is 5.03. The van der Waals surface area contributed by atoms with Crippen LogP contribution in [0.3, 0.4) is 0 Å². The van der Waals surface area contributed by atoms with Crippen molar-refractivity contribution in [3.8, 4) is 5.75 Å². The quantitative estimate of drug-likeness (QED) is 0.549. The van der Waals surface area contributed by atoms with Gasteiger partial charge in [0.15, 0.2) is 5.78 Å². The molecule has 2 rings (SSSR count). The summed E-state index contributed by atoms with van der Waals surface area (Å²) in [5.74, 6) is 0.131. The molecular weight excluding hydrogens is 360 g/mol. The Labute approximate surface area is 157 Å². The molecule has 1 aromatic heterocycles. The number of rotatable bonds is 1. The SMILES string of the molecule is C/C=C/C(C)=O.CC1CC(O)=CC(=O)O1.Cc1cc(O)cc(=O)o1.O=C=O.[H+]. The van der Waals surface area contributed by atoms with Gasteiger partial charge in [-0.05, 0) is 33.8 Å². The van der Waals surface area contributed by atoms with Gasteiger partial charge in [-0.25, -0.2) is 9.59 Å². The topological polar surface area (TPSA) is 148 Å². The summed E-state index contributed by atoms with van der Waals surface area (Å²) in [6.45, 7) is 6.68. The normalized spacial score (nSPS) is 14.6. The Hall–Kier alpha value is -3.45. The maximum atomic E-state index is 10.4. The van der Waals surface area contributed by atoms with E-state index in [4.69, 9.17) is 19.8 Å². The van der Waals surface area contributed by atoms with Crippen LogP contribution in [-0.4, -0.2) is 34.2 Å². The Morgan fingerprint density at radius 1 is 1.30 bits per heavy atom. The van der Waals surface area contributed by atoms with Crippen LogP contribution in [0.25, 0.3) is 0 Å². The largest absolute Gasteiger partial charge is 1.00 e. The molecular formula is C18H23O9+. The summed E-state index contributed by atoms with van der Waals surface area (Å²) >= 11 is 0. The summed E-state index contributed by atoms with van der Waals surface area (Å²) in [6, 6.07) is 2.40. The van der Waals surface area contributed by atoms with Gasteiger partial charge in [0.25, 0.3) is 0 Å². The minimum absolute atomic E-state index is 0. The number of aromatic hydroxyl groups is 1. The predicted molar refractivity (Wildman–Crippen MR) is 93.9 cm³/mol. The first-order valence-corrected chi connectivity index (χ1v) is 7.59. The number of aliphatic hydroxyl groups is 1. The van der Waals surface area contributed by atoms with Gasteiger partial charge in [0.05, 0.1) is 12.1 Å². The second kappa shape index (κ2) is 14.9. The van der Waals surface area contributed by atoms with Gasteiger partial charge >= 0.3 is 19.2 Å². The third-order valence-corrected chi connectivity index (χ3v) is 2.38. The number of esters is 1. The molecule has 2 heterocycles. The van der Waals surface area contributed by atoms with Gasteiger partial charge in [0.2, 0.25) is 0 Å². The van der Waals surface area contributed by atoms with Crippen molar-refractivity contribution >= 4 is 17.9 Å². The van der Waals surface area contributed by atoms with Crippen LogP contribution in [0.5, 0.6) is 5.75 Å². The van der Waals surface area contributed by atoms with Crippen LogP contribution in [0.15, 0.2) is 45.3 Å². The second-order valence-corrected chi connectivity index (χ2v) is 5.03. The standard InChI is InChI=1S/C6H8O3.C6H6O3.C5H8O.CO2/c2*1-4-2-5(7)3-6(8)9-4;1-3-4-5(2)6;2-1-3/h3-4,7H,2H2,1H3;2-3,7H,1H3;3-4H,1-2H3;/p+1/b;;4-3+;. The minimum Gasteiger partial charge on any atom is -0.512 e. The molecule has 0 saturated carbocycles. The molecule has 0 bridgehead atoms. The molecule has 9 heteroatoms. The number of hydrogen-bond acceptors (Lipinski definition) is 9. The van der Waals surface area contributed by atoms with Gasteiger partial charge < -0.3 is 19.4 Å². The Bertz CT molecular complexity index is 733. The number of carbonyl (C=O) groups excluding carboxylic acids is 4. The van der Waals surface area contributed by atoms with E-state index in [9.17, 15) is 14.4 Å². The zero-order valence-electron chi connectivity index (χ0n) is 16.4. The zero-order valence-corrected chi connectivity index (χ0v) is 15.4. The van der Waals surface area contributed by atoms with E-state index in [1.54, 1.807) is 19.9 Å². The highest BCUT2D eigenvalue weighted by Crippen LogP contribution is 2.11. The van der Waals surface area contributed by atoms with Crippen LogP contribution in [0.4, 0.5) is 0 Å². The van der Waals surface area contributed by atoms with E-state index in [0.717, 1.165) is 12.1 Å². The lowest BCUT2D eigenvalue weighted by atomic mass is 10.2. The van der Waals surface area contributed by atoms with E-state index in [1.807, 2.05) is 6.92 Å². The molecule has 0 aromatic carbocycles. The number of cyclic esters (lactones) is 1. The van der Waals surface area contributed by atoms with E-state index >= 15 is 0 Å². The fraction of sp³-hybridized carbons (Fsp3) is 0.333. The summed E-state index contributed by atoms with van der Waals surface area (Å²) in [4.78, 5) is 47.0. The summed E-state index contributed by atoms with van der Waals surface area (Å²) < 4.78 is 9.22. The zero-order chi connectivity index (χ0) is 21.4. The average Bonchev–Trinajstić information content (AvgIpc) is 2.45. The molecule has 1 atom stereocenters. The molecule has 0 spiro atoms. The Morgan fingerprint density at radius 3 is 2.15 bits per heavy atom. The predicted octanol–water partition coefficient (Wildman–Crippen LogP) is 2.10. The van der Waals surface area contributed by atoms with Gasteiger partial charge in [-0.15, -0.1) is 0 Å². The van der Waals surface area contributed by atoms with Crippen molar-refractivity contribution in [1.82, 2.24) is 0 Å². The number of carbonyl (C=O) groups is 2.